The van der Waals surface area contributed by atoms with Gasteiger partial charge < -0.3 is 9.13 Å². The molecule has 1 saturated carbocycles. The van der Waals surface area contributed by atoms with E-state index in [-0.39, 0.29) is 5.41 Å². The zero-order valence-electron chi connectivity index (χ0n) is 32.6. The number of allylic oxidation sites excluding steroid dienone is 8. The molecule has 0 radical (unpaired) electrons. The number of benzene rings is 4. The Morgan fingerprint density at radius 3 is 2.34 bits per heavy atom. The summed E-state index contributed by atoms with van der Waals surface area (Å²) in [6.07, 6.45) is 29.3. The molecule has 3 nitrogen and oxygen atoms in total. The number of rotatable bonds is 4. The van der Waals surface area contributed by atoms with Crippen LogP contribution in [0.1, 0.15) is 99.4 Å². The summed E-state index contributed by atoms with van der Waals surface area (Å²) in [7, 11) is 0. The monoisotopic (exact) mass is 727 g/mol. The van der Waals surface area contributed by atoms with E-state index in [0.717, 1.165) is 12.8 Å². The molecule has 0 aliphatic heterocycles. The molecule has 3 heteroatoms. The number of para-hydroxylation sites is 1. The minimum atomic E-state index is 0.167. The van der Waals surface area contributed by atoms with Gasteiger partial charge in [-0.3, -0.25) is 4.98 Å². The Labute approximate surface area is 329 Å². The lowest BCUT2D eigenvalue weighted by Crippen LogP contribution is -2.27. The maximum atomic E-state index is 4.53. The summed E-state index contributed by atoms with van der Waals surface area (Å²) in [5.41, 5.74) is 17.4. The van der Waals surface area contributed by atoms with Crippen molar-refractivity contribution in [3.05, 3.63) is 150 Å². The summed E-state index contributed by atoms with van der Waals surface area (Å²) in [6.45, 7) is 4.96. The summed E-state index contributed by atoms with van der Waals surface area (Å²) in [5, 5.41) is 5.27. The Bertz CT molecular complexity index is 2900. The molecule has 5 aliphatic rings. The van der Waals surface area contributed by atoms with Gasteiger partial charge in [0.1, 0.15) is 0 Å². The molecule has 3 heterocycles. The summed E-state index contributed by atoms with van der Waals surface area (Å²) >= 11 is 0. The highest BCUT2D eigenvalue weighted by Gasteiger charge is 2.48. The first kappa shape index (κ1) is 32.8. The van der Waals surface area contributed by atoms with Crippen molar-refractivity contribution >= 4 is 54.9 Å². The largest absolute Gasteiger partial charge is 0.337 e. The van der Waals surface area contributed by atoms with Crippen molar-refractivity contribution in [2.75, 3.05) is 0 Å². The van der Waals surface area contributed by atoms with E-state index in [9.17, 15) is 0 Å². The molecule has 56 heavy (non-hydrogen) atoms. The average Bonchev–Trinajstić information content (AvgIpc) is 3.84. The van der Waals surface area contributed by atoms with Crippen molar-refractivity contribution in [1.82, 2.24) is 14.1 Å². The van der Waals surface area contributed by atoms with E-state index in [0.29, 0.717) is 23.8 Å². The van der Waals surface area contributed by atoms with Crippen LogP contribution in [0.4, 0.5) is 0 Å². The van der Waals surface area contributed by atoms with Gasteiger partial charge in [-0.25, -0.2) is 0 Å². The third-order valence-electron chi connectivity index (χ3n) is 14.7. The van der Waals surface area contributed by atoms with Crippen molar-refractivity contribution in [2.45, 2.75) is 89.0 Å². The van der Waals surface area contributed by atoms with E-state index in [2.05, 4.69) is 143 Å². The van der Waals surface area contributed by atoms with Crippen LogP contribution in [0.3, 0.4) is 0 Å². The van der Waals surface area contributed by atoms with Crippen LogP contribution in [0.25, 0.3) is 66.0 Å². The molecule has 3 atom stereocenters. The van der Waals surface area contributed by atoms with Gasteiger partial charge in [-0.1, -0.05) is 86.7 Å². The van der Waals surface area contributed by atoms with E-state index in [4.69, 9.17) is 0 Å². The van der Waals surface area contributed by atoms with Crippen LogP contribution in [-0.2, 0) is 11.8 Å². The van der Waals surface area contributed by atoms with Gasteiger partial charge in [0, 0.05) is 55.9 Å². The predicted molar refractivity (Wildman–Crippen MR) is 235 cm³/mol. The van der Waals surface area contributed by atoms with Crippen LogP contribution in [-0.4, -0.2) is 14.1 Å². The molecule has 4 aromatic carbocycles. The van der Waals surface area contributed by atoms with Crippen molar-refractivity contribution in [3.63, 3.8) is 0 Å². The van der Waals surface area contributed by atoms with Gasteiger partial charge in [0.15, 0.2) is 0 Å². The van der Waals surface area contributed by atoms with Gasteiger partial charge in [-0.15, -0.1) is 0 Å². The molecule has 7 aromatic rings. The highest BCUT2D eigenvalue weighted by molar-refractivity contribution is 6.12. The number of pyridine rings is 1. The second-order valence-electron chi connectivity index (χ2n) is 17.9. The van der Waals surface area contributed by atoms with Crippen LogP contribution < -0.4 is 0 Å². The molecule has 3 aromatic heterocycles. The van der Waals surface area contributed by atoms with E-state index >= 15 is 0 Å². The smallest absolute Gasteiger partial charge is 0.0724 e. The van der Waals surface area contributed by atoms with Gasteiger partial charge in [-0.2, -0.15) is 0 Å². The normalized spacial score (nSPS) is 25.5. The van der Waals surface area contributed by atoms with Gasteiger partial charge in [0.2, 0.25) is 0 Å². The molecule has 0 spiro atoms. The quantitative estimate of drug-likeness (QED) is 0.166. The predicted octanol–water partition coefficient (Wildman–Crippen LogP) is 13.9. The molecule has 276 valence electrons. The standard InChI is InChI=1S/C53H49N3/c1-33-28-44-39(21-22-47-52(44)45(29-33)46-13-8-9-26-53(46,47)2)34-15-19-38(20-16-34)55-48-14-7-6-12-40(48)42-30-35(17-23-49(42)55)36-18-24-50-43(31-36)41-25-27-54-32-51(41)56(50)37-10-4-3-5-11-37/h4,6-7,9-12,14,17-18,21-27,29-34,38,46H,3,5,8,13,15-16,19-20,28H2,1-2H3. The van der Waals surface area contributed by atoms with Crippen LogP contribution in [0.2, 0.25) is 0 Å². The fraction of sp³-hybridized carbons (Fsp3) is 0.302. The molecule has 0 bridgehead atoms. The number of aromatic nitrogens is 3. The molecule has 0 saturated heterocycles. The molecule has 12 rings (SSSR count). The summed E-state index contributed by atoms with van der Waals surface area (Å²) < 4.78 is 5.11. The van der Waals surface area contributed by atoms with E-state index in [1.807, 2.05) is 12.4 Å². The molecule has 5 aliphatic carbocycles. The Morgan fingerprint density at radius 1 is 0.714 bits per heavy atom. The summed E-state index contributed by atoms with van der Waals surface area (Å²) in [5.74, 6) is 1.91. The Hall–Kier alpha value is -5.41. The van der Waals surface area contributed by atoms with Crippen LogP contribution in [0, 0.1) is 11.8 Å². The maximum Gasteiger partial charge on any atom is 0.0724 e. The first-order valence-corrected chi connectivity index (χ1v) is 21.4. The Kier molecular flexibility index (Phi) is 7.20. The highest BCUT2D eigenvalue weighted by Crippen LogP contribution is 2.59. The molecular formula is C53H49N3. The van der Waals surface area contributed by atoms with Crippen LogP contribution in [0.15, 0.2) is 128 Å². The number of hydrogen-bond acceptors (Lipinski definition) is 1. The fourth-order valence-electron chi connectivity index (χ4n) is 12.2. The van der Waals surface area contributed by atoms with Crippen molar-refractivity contribution in [3.8, 4) is 11.1 Å². The van der Waals surface area contributed by atoms with E-state index in [1.165, 1.54) is 105 Å². The lowest BCUT2D eigenvalue weighted by atomic mass is 9.70. The first-order valence-electron chi connectivity index (χ1n) is 21.4. The maximum absolute atomic E-state index is 4.53. The van der Waals surface area contributed by atoms with E-state index in [1.54, 1.807) is 27.8 Å². The van der Waals surface area contributed by atoms with Crippen molar-refractivity contribution < 1.29 is 0 Å². The second-order valence-corrected chi connectivity index (χ2v) is 17.9. The minimum Gasteiger partial charge on any atom is -0.337 e. The van der Waals surface area contributed by atoms with Crippen LogP contribution >= 0.6 is 0 Å². The van der Waals surface area contributed by atoms with Gasteiger partial charge >= 0.3 is 0 Å². The van der Waals surface area contributed by atoms with Crippen molar-refractivity contribution in [2.24, 2.45) is 11.8 Å². The fourth-order valence-corrected chi connectivity index (χ4v) is 12.2. The number of nitrogens with zero attached hydrogens (tertiary/aromatic N) is 3. The zero-order valence-corrected chi connectivity index (χ0v) is 32.6. The van der Waals surface area contributed by atoms with Crippen molar-refractivity contribution in [1.29, 1.82) is 0 Å². The Morgan fingerprint density at radius 2 is 1.50 bits per heavy atom. The topological polar surface area (TPSA) is 22.8 Å². The lowest BCUT2D eigenvalue weighted by Gasteiger charge is -2.34. The molecule has 0 N–H and O–H groups in total. The van der Waals surface area contributed by atoms with Gasteiger partial charge in [0.25, 0.3) is 0 Å². The second kappa shape index (κ2) is 12.3. The SMILES string of the molecule is CC1C=C2c3c(ccc(C4CCC(n5c6ccccc6c6cc(-c7ccc8c(c7)c7ccncc7n8C7=CCCC=C7)ccc65)CC4)c3C1)C1(C)C=CCCC21. The average molecular weight is 728 g/mol. The lowest BCUT2D eigenvalue weighted by molar-refractivity contribution is 0.333. The third-order valence-corrected chi connectivity index (χ3v) is 14.7. The van der Waals surface area contributed by atoms with Gasteiger partial charge in [0.05, 0.1) is 17.2 Å². The molecule has 1 fully saturated rings. The Balaban J connectivity index is 0.888. The van der Waals surface area contributed by atoms with Gasteiger partial charge in [-0.05, 0) is 157 Å². The minimum absolute atomic E-state index is 0.167. The third kappa shape index (κ3) is 4.67. The highest BCUT2D eigenvalue weighted by atomic mass is 15.0. The summed E-state index contributed by atoms with van der Waals surface area (Å²) in [6, 6.07) is 31.2. The molecular weight excluding hydrogens is 679 g/mol. The number of hydrogen-bond donors (Lipinski definition) is 0. The van der Waals surface area contributed by atoms with E-state index < -0.39 is 0 Å². The molecule has 3 unspecified atom stereocenters. The first-order chi connectivity index (χ1) is 27.5. The molecule has 0 amide bonds. The zero-order chi connectivity index (χ0) is 37.1. The summed E-state index contributed by atoms with van der Waals surface area (Å²) in [4.78, 5) is 4.53. The number of fused-ring (bicyclic) bond motifs is 9. The van der Waals surface area contributed by atoms with Crippen LogP contribution in [0.5, 0.6) is 0 Å².